The van der Waals surface area contributed by atoms with E-state index in [0.29, 0.717) is 32.8 Å². The van der Waals surface area contributed by atoms with Gasteiger partial charge in [0, 0.05) is 38.5 Å². The third-order valence-electron chi connectivity index (χ3n) is 5.72. The van der Waals surface area contributed by atoms with E-state index in [-0.39, 0.29) is 49.3 Å². The number of rotatable bonds is 6. The van der Waals surface area contributed by atoms with Crippen molar-refractivity contribution >= 4 is 17.8 Å². The van der Waals surface area contributed by atoms with Crippen molar-refractivity contribution in [1.82, 2.24) is 9.80 Å². The van der Waals surface area contributed by atoms with Crippen molar-refractivity contribution in [3.63, 3.8) is 0 Å². The predicted octanol–water partition coefficient (Wildman–Crippen LogP) is 1.53. The molecule has 8 heteroatoms. The Morgan fingerprint density at radius 3 is 2.52 bits per heavy atom. The van der Waals surface area contributed by atoms with Gasteiger partial charge in [-0.05, 0) is 37.0 Å². The number of hydrogen-bond donors (Lipinski definition) is 0. The molecule has 1 aromatic carbocycles. The van der Waals surface area contributed by atoms with Gasteiger partial charge in [0.25, 0.3) is 0 Å². The number of nitrogens with zero attached hydrogens (tertiary/aromatic N) is 2. The monoisotopic (exact) mass is 402 g/mol. The van der Waals surface area contributed by atoms with E-state index in [2.05, 4.69) is 0 Å². The Hall–Kier alpha value is -2.77. The van der Waals surface area contributed by atoms with Crippen LogP contribution in [0.1, 0.15) is 37.7 Å². The molecule has 2 heterocycles. The molecular formula is C21H26N2O6. The van der Waals surface area contributed by atoms with E-state index in [9.17, 15) is 14.4 Å². The lowest BCUT2D eigenvalue weighted by atomic mass is 10.1. The summed E-state index contributed by atoms with van der Waals surface area (Å²) >= 11 is 0. The fourth-order valence-electron chi connectivity index (χ4n) is 3.99. The standard InChI is InChI=1S/C21H26N2O6/c1-2-27-20(25)6-5-19(24)22-7-9-23(10-8-22)21(26)16-12-15(16)14-3-4-17-18(11-14)29-13-28-17/h3-4,11,15-16H,2,5-10,12-13H2,1H3. The third kappa shape index (κ3) is 4.31. The second-order valence-electron chi connectivity index (χ2n) is 7.57. The maximum Gasteiger partial charge on any atom is 0.306 e. The minimum atomic E-state index is -0.349. The van der Waals surface area contributed by atoms with Crippen LogP contribution >= 0.6 is 0 Å². The molecule has 1 saturated heterocycles. The lowest BCUT2D eigenvalue weighted by molar-refractivity contribution is -0.146. The van der Waals surface area contributed by atoms with Crippen molar-refractivity contribution in [2.75, 3.05) is 39.6 Å². The van der Waals surface area contributed by atoms with Crippen molar-refractivity contribution in [1.29, 1.82) is 0 Å². The number of carbonyl (C=O) groups is 3. The van der Waals surface area contributed by atoms with Crippen molar-refractivity contribution < 1.29 is 28.6 Å². The van der Waals surface area contributed by atoms with E-state index < -0.39 is 0 Å². The molecule has 1 aromatic rings. The van der Waals surface area contributed by atoms with Crippen LogP contribution in [0.25, 0.3) is 0 Å². The van der Waals surface area contributed by atoms with Crippen LogP contribution < -0.4 is 9.47 Å². The highest BCUT2D eigenvalue weighted by atomic mass is 16.7. The number of carbonyl (C=O) groups excluding carboxylic acids is 3. The van der Waals surface area contributed by atoms with Crippen LogP contribution in [0.4, 0.5) is 0 Å². The smallest absolute Gasteiger partial charge is 0.306 e. The highest BCUT2D eigenvalue weighted by molar-refractivity contribution is 5.84. The Labute approximate surface area is 169 Å². The van der Waals surface area contributed by atoms with Crippen LogP contribution in [0.3, 0.4) is 0 Å². The van der Waals surface area contributed by atoms with Gasteiger partial charge in [-0.1, -0.05) is 6.07 Å². The number of piperazine rings is 1. The van der Waals surface area contributed by atoms with Crippen LogP contribution in [0.15, 0.2) is 18.2 Å². The molecule has 0 radical (unpaired) electrons. The first-order chi connectivity index (χ1) is 14.1. The molecule has 156 valence electrons. The summed E-state index contributed by atoms with van der Waals surface area (Å²) in [5.41, 5.74) is 1.11. The van der Waals surface area contributed by atoms with Gasteiger partial charge in [0.2, 0.25) is 18.6 Å². The molecule has 2 amide bonds. The molecule has 4 rings (SSSR count). The zero-order valence-electron chi connectivity index (χ0n) is 16.6. The zero-order chi connectivity index (χ0) is 20.4. The maximum atomic E-state index is 12.8. The fraction of sp³-hybridized carbons (Fsp3) is 0.571. The van der Waals surface area contributed by atoms with Gasteiger partial charge >= 0.3 is 5.97 Å². The molecule has 1 saturated carbocycles. The van der Waals surface area contributed by atoms with Crippen LogP contribution in [0.2, 0.25) is 0 Å². The average molecular weight is 402 g/mol. The molecule has 2 unspecified atom stereocenters. The summed E-state index contributed by atoms with van der Waals surface area (Å²) in [6.45, 7) is 4.40. The van der Waals surface area contributed by atoms with E-state index in [0.717, 1.165) is 23.5 Å². The first kappa shape index (κ1) is 19.5. The number of benzene rings is 1. The number of esters is 1. The van der Waals surface area contributed by atoms with E-state index in [1.54, 1.807) is 11.8 Å². The summed E-state index contributed by atoms with van der Waals surface area (Å²) < 4.78 is 15.6. The summed E-state index contributed by atoms with van der Waals surface area (Å²) in [5.74, 6) is 1.47. The number of ether oxygens (including phenoxy) is 3. The molecule has 0 N–H and O–H groups in total. The number of fused-ring (bicyclic) bond motifs is 1. The first-order valence-corrected chi connectivity index (χ1v) is 10.2. The summed E-state index contributed by atoms with van der Waals surface area (Å²) in [6.07, 6.45) is 1.10. The molecule has 0 bridgehead atoms. The van der Waals surface area contributed by atoms with Crippen molar-refractivity contribution in [2.24, 2.45) is 5.92 Å². The van der Waals surface area contributed by atoms with E-state index >= 15 is 0 Å². The van der Waals surface area contributed by atoms with Crippen LogP contribution in [-0.4, -0.2) is 67.2 Å². The van der Waals surface area contributed by atoms with Gasteiger partial charge in [0.15, 0.2) is 11.5 Å². The van der Waals surface area contributed by atoms with E-state index in [1.807, 2.05) is 23.1 Å². The average Bonchev–Trinajstić information content (AvgIpc) is 3.40. The summed E-state index contributed by atoms with van der Waals surface area (Å²) in [5, 5.41) is 0. The Morgan fingerprint density at radius 2 is 1.76 bits per heavy atom. The minimum Gasteiger partial charge on any atom is -0.466 e. The minimum absolute atomic E-state index is 0.00133. The van der Waals surface area contributed by atoms with Crippen LogP contribution in [0.5, 0.6) is 11.5 Å². The summed E-state index contributed by atoms with van der Waals surface area (Å²) in [6, 6.07) is 5.88. The topological polar surface area (TPSA) is 85.4 Å². The lowest BCUT2D eigenvalue weighted by Gasteiger charge is -2.35. The highest BCUT2D eigenvalue weighted by Gasteiger charge is 2.46. The van der Waals surface area contributed by atoms with Gasteiger partial charge in [-0.2, -0.15) is 0 Å². The number of hydrogen-bond acceptors (Lipinski definition) is 6. The Bertz CT molecular complexity index is 802. The number of amides is 2. The molecule has 1 aliphatic carbocycles. The Balaban J connectivity index is 1.24. The summed E-state index contributed by atoms with van der Waals surface area (Å²) in [7, 11) is 0. The quantitative estimate of drug-likeness (QED) is 0.671. The van der Waals surface area contributed by atoms with E-state index in [4.69, 9.17) is 14.2 Å². The third-order valence-corrected chi connectivity index (χ3v) is 5.72. The molecular weight excluding hydrogens is 376 g/mol. The molecule has 29 heavy (non-hydrogen) atoms. The molecule has 0 aromatic heterocycles. The zero-order valence-corrected chi connectivity index (χ0v) is 16.6. The van der Waals surface area contributed by atoms with Gasteiger partial charge in [0.05, 0.1) is 13.0 Å². The Morgan fingerprint density at radius 1 is 1.03 bits per heavy atom. The van der Waals surface area contributed by atoms with Gasteiger partial charge in [0.1, 0.15) is 0 Å². The molecule has 8 nitrogen and oxygen atoms in total. The van der Waals surface area contributed by atoms with Gasteiger partial charge in [-0.25, -0.2) is 0 Å². The molecule has 2 atom stereocenters. The molecule has 0 spiro atoms. The SMILES string of the molecule is CCOC(=O)CCC(=O)N1CCN(C(=O)C2CC2c2ccc3c(c2)OCO3)CC1. The first-order valence-electron chi connectivity index (χ1n) is 10.2. The fourth-order valence-corrected chi connectivity index (χ4v) is 3.99. The second-order valence-corrected chi connectivity index (χ2v) is 7.57. The molecule has 2 aliphatic heterocycles. The maximum absolute atomic E-state index is 12.8. The molecule has 3 aliphatic rings. The molecule has 2 fully saturated rings. The van der Waals surface area contributed by atoms with Gasteiger partial charge in [-0.3, -0.25) is 14.4 Å². The second kappa shape index (κ2) is 8.31. The van der Waals surface area contributed by atoms with Crippen LogP contribution in [0, 0.1) is 5.92 Å². The lowest BCUT2D eigenvalue weighted by Crippen LogP contribution is -2.51. The van der Waals surface area contributed by atoms with Gasteiger partial charge in [-0.15, -0.1) is 0 Å². The predicted molar refractivity (Wildman–Crippen MR) is 102 cm³/mol. The van der Waals surface area contributed by atoms with Crippen molar-refractivity contribution in [3.8, 4) is 11.5 Å². The van der Waals surface area contributed by atoms with E-state index in [1.165, 1.54) is 0 Å². The largest absolute Gasteiger partial charge is 0.466 e. The van der Waals surface area contributed by atoms with Gasteiger partial charge < -0.3 is 24.0 Å². The summed E-state index contributed by atoms with van der Waals surface area (Å²) in [4.78, 5) is 40.1. The normalized spacial score (nSPS) is 22.4. The highest BCUT2D eigenvalue weighted by Crippen LogP contribution is 2.50. The van der Waals surface area contributed by atoms with Crippen LogP contribution in [-0.2, 0) is 19.1 Å². The van der Waals surface area contributed by atoms with Crippen molar-refractivity contribution in [2.45, 2.75) is 32.1 Å². The van der Waals surface area contributed by atoms with Crippen molar-refractivity contribution in [3.05, 3.63) is 23.8 Å². The Kier molecular flexibility index (Phi) is 5.60.